The van der Waals surface area contributed by atoms with Crippen molar-refractivity contribution in [3.63, 3.8) is 0 Å². The second-order valence-corrected chi connectivity index (χ2v) is 4.79. The number of nitrogens with two attached hydrogens (primary N) is 1. The van der Waals surface area contributed by atoms with Gasteiger partial charge in [0, 0.05) is 21.3 Å². The third kappa shape index (κ3) is 2.39. The van der Waals surface area contributed by atoms with Gasteiger partial charge in [-0.1, -0.05) is 40.2 Å². The monoisotopic (exact) mass is 289 g/mol. The summed E-state index contributed by atoms with van der Waals surface area (Å²) >= 11 is 3.35. The number of para-hydroxylation sites is 1. The average molecular weight is 290 g/mol. The number of halogens is 1. The highest BCUT2D eigenvalue weighted by atomic mass is 79.9. The van der Waals surface area contributed by atoms with Crippen LogP contribution in [0.4, 0.5) is 5.69 Å². The molecule has 2 aromatic rings. The molecule has 0 aliphatic heterocycles. The maximum Gasteiger partial charge on any atom is 0.195 e. The molecule has 0 aliphatic rings. The molecular formula is C14H12BrNO. The molecule has 0 aliphatic carbocycles. The zero-order valence-corrected chi connectivity index (χ0v) is 11.0. The van der Waals surface area contributed by atoms with Crippen LogP contribution in [-0.4, -0.2) is 5.78 Å². The average Bonchev–Trinajstić information content (AvgIpc) is 2.32. The van der Waals surface area contributed by atoms with Crippen molar-refractivity contribution in [2.24, 2.45) is 0 Å². The summed E-state index contributed by atoms with van der Waals surface area (Å²) in [7, 11) is 0. The van der Waals surface area contributed by atoms with Crippen molar-refractivity contribution < 1.29 is 4.79 Å². The summed E-state index contributed by atoms with van der Waals surface area (Å²) in [5.74, 6) is -0.0486. The minimum atomic E-state index is -0.0486. The lowest BCUT2D eigenvalue weighted by atomic mass is 9.99. The Morgan fingerprint density at radius 3 is 2.59 bits per heavy atom. The first-order valence-corrected chi connectivity index (χ1v) is 6.04. The van der Waals surface area contributed by atoms with Crippen LogP contribution in [0.15, 0.2) is 46.9 Å². The summed E-state index contributed by atoms with van der Waals surface area (Å²) in [5.41, 5.74) is 8.60. The molecule has 0 aromatic heterocycles. The highest BCUT2D eigenvalue weighted by molar-refractivity contribution is 9.10. The van der Waals surface area contributed by atoms with Crippen molar-refractivity contribution in [1.82, 2.24) is 0 Å². The van der Waals surface area contributed by atoms with Crippen molar-refractivity contribution in [1.29, 1.82) is 0 Å². The number of hydrogen-bond acceptors (Lipinski definition) is 2. The van der Waals surface area contributed by atoms with Crippen LogP contribution < -0.4 is 5.73 Å². The minimum absolute atomic E-state index is 0.0486. The van der Waals surface area contributed by atoms with Crippen LogP contribution in [0.3, 0.4) is 0 Å². The Hall–Kier alpha value is -1.61. The van der Waals surface area contributed by atoms with Crippen molar-refractivity contribution in [3.8, 4) is 0 Å². The molecule has 0 bridgehead atoms. The highest BCUT2D eigenvalue weighted by Crippen LogP contribution is 2.21. The Balaban J connectivity index is 2.48. The van der Waals surface area contributed by atoms with Gasteiger partial charge in [-0.15, -0.1) is 0 Å². The van der Waals surface area contributed by atoms with Gasteiger partial charge in [0.05, 0.1) is 0 Å². The number of ketones is 1. The fourth-order valence-electron chi connectivity index (χ4n) is 1.66. The van der Waals surface area contributed by atoms with Gasteiger partial charge in [-0.3, -0.25) is 4.79 Å². The lowest BCUT2D eigenvalue weighted by Gasteiger charge is -2.07. The van der Waals surface area contributed by atoms with E-state index in [9.17, 15) is 4.79 Å². The first-order valence-electron chi connectivity index (χ1n) is 5.25. The van der Waals surface area contributed by atoms with Crippen LogP contribution in [0.5, 0.6) is 0 Å². The summed E-state index contributed by atoms with van der Waals surface area (Å²) in [5, 5.41) is 0. The fourth-order valence-corrected chi connectivity index (χ4v) is 2.06. The van der Waals surface area contributed by atoms with E-state index >= 15 is 0 Å². The SMILES string of the molecule is Cc1cccc(C(=O)c2cccc(Br)c2)c1N. The van der Waals surface area contributed by atoms with Gasteiger partial charge in [0.25, 0.3) is 0 Å². The third-order valence-electron chi connectivity index (χ3n) is 2.66. The van der Waals surface area contributed by atoms with Crippen LogP contribution in [0.25, 0.3) is 0 Å². The smallest absolute Gasteiger partial charge is 0.195 e. The molecule has 0 saturated carbocycles. The largest absolute Gasteiger partial charge is 0.398 e. The molecule has 0 spiro atoms. The van der Waals surface area contributed by atoms with Gasteiger partial charge in [0.15, 0.2) is 5.78 Å². The van der Waals surface area contributed by atoms with E-state index in [0.717, 1.165) is 10.0 Å². The zero-order valence-electron chi connectivity index (χ0n) is 9.41. The van der Waals surface area contributed by atoms with E-state index in [1.807, 2.05) is 31.2 Å². The molecule has 0 heterocycles. The van der Waals surface area contributed by atoms with Gasteiger partial charge in [0.2, 0.25) is 0 Å². The lowest BCUT2D eigenvalue weighted by molar-refractivity contribution is 0.103. The minimum Gasteiger partial charge on any atom is -0.398 e. The van der Waals surface area contributed by atoms with Gasteiger partial charge in [-0.05, 0) is 30.7 Å². The summed E-state index contributed by atoms with van der Waals surface area (Å²) < 4.78 is 0.884. The maximum atomic E-state index is 12.3. The number of rotatable bonds is 2. The molecule has 86 valence electrons. The summed E-state index contributed by atoms with van der Waals surface area (Å²) in [6.45, 7) is 1.90. The second-order valence-electron chi connectivity index (χ2n) is 3.88. The van der Waals surface area contributed by atoms with E-state index in [0.29, 0.717) is 16.8 Å². The van der Waals surface area contributed by atoms with E-state index in [4.69, 9.17) is 5.73 Å². The van der Waals surface area contributed by atoms with E-state index in [1.165, 1.54) is 0 Å². The topological polar surface area (TPSA) is 43.1 Å². The number of nitrogen functional groups attached to an aromatic ring is 1. The molecule has 0 unspecified atom stereocenters. The zero-order chi connectivity index (χ0) is 12.4. The van der Waals surface area contributed by atoms with E-state index in [1.54, 1.807) is 18.2 Å². The van der Waals surface area contributed by atoms with E-state index in [2.05, 4.69) is 15.9 Å². The molecule has 2 nitrogen and oxygen atoms in total. The molecule has 0 radical (unpaired) electrons. The molecule has 0 fully saturated rings. The first-order chi connectivity index (χ1) is 8.09. The van der Waals surface area contributed by atoms with Gasteiger partial charge in [-0.2, -0.15) is 0 Å². The molecule has 2 rings (SSSR count). The predicted molar refractivity (Wildman–Crippen MR) is 73.2 cm³/mol. The molecule has 0 amide bonds. The van der Waals surface area contributed by atoms with Crippen LogP contribution in [0.2, 0.25) is 0 Å². The van der Waals surface area contributed by atoms with Crippen molar-refractivity contribution in [2.45, 2.75) is 6.92 Å². The quantitative estimate of drug-likeness (QED) is 0.678. The Labute approximate surface area is 109 Å². The second kappa shape index (κ2) is 4.72. The van der Waals surface area contributed by atoms with Crippen molar-refractivity contribution >= 4 is 27.4 Å². The number of anilines is 1. The number of benzene rings is 2. The molecule has 3 heteroatoms. The molecule has 0 saturated heterocycles. The van der Waals surface area contributed by atoms with Crippen LogP contribution >= 0.6 is 15.9 Å². The molecule has 2 N–H and O–H groups in total. The number of hydrogen-bond donors (Lipinski definition) is 1. The first kappa shape index (κ1) is 11.9. The van der Waals surface area contributed by atoms with Gasteiger partial charge in [-0.25, -0.2) is 0 Å². The van der Waals surface area contributed by atoms with Gasteiger partial charge >= 0.3 is 0 Å². The lowest BCUT2D eigenvalue weighted by Crippen LogP contribution is -2.06. The van der Waals surface area contributed by atoms with Crippen molar-refractivity contribution in [3.05, 3.63) is 63.6 Å². The van der Waals surface area contributed by atoms with Gasteiger partial charge < -0.3 is 5.73 Å². The normalized spacial score (nSPS) is 10.2. The van der Waals surface area contributed by atoms with Crippen molar-refractivity contribution in [2.75, 3.05) is 5.73 Å². The van der Waals surface area contributed by atoms with Crippen LogP contribution in [0, 0.1) is 6.92 Å². The fraction of sp³-hybridized carbons (Fsp3) is 0.0714. The van der Waals surface area contributed by atoms with Gasteiger partial charge in [0.1, 0.15) is 0 Å². The van der Waals surface area contributed by atoms with E-state index < -0.39 is 0 Å². The molecular weight excluding hydrogens is 278 g/mol. The molecule has 2 aromatic carbocycles. The van der Waals surface area contributed by atoms with Crippen LogP contribution in [-0.2, 0) is 0 Å². The number of carbonyl (C=O) groups is 1. The van der Waals surface area contributed by atoms with E-state index in [-0.39, 0.29) is 5.78 Å². The number of carbonyl (C=O) groups excluding carboxylic acids is 1. The maximum absolute atomic E-state index is 12.3. The Kier molecular flexibility index (Phi) is 3.29. The summed E-state index contributed by atoms with van der Waals surface area (Å²) in [4.78, 5) is 12.3. The summed E-state index contributed by atoms with van der Waals surface area (Å²) in [6, 6.07) is 12.8. The predicted octanol–water partition coefficient (Wildman–Crippen LogP) is 3.57. The Morgan fingerprint density at radius 2 is 1.88 bits per heavy atom. The molecule has 17 heavy (non-hydrogen) atoms. The Morgan fingerprint density at radius 1 is 1.18 bits per heavy atom. The number of aryl methyl sites for hydroxylation is 1. The Bertz CT molecular complexity index is 578. The third-order valence-corrected chi connectivity index (χ3v) is 3.15. The van der Waals surface area contributed by atoms with Crippen LogP contribution in [0.1, 0.15) is 21.5 Å². The highest BCUT2D eigenvalue weighted by Gasteiger charge is 2.13. The summed E-state index contributed by atoms with van der Waals surface area (Å²) in [6.07, 6.45) is 0. The molecule has 0 atom stereocenters. The standard InChI is InChI=1S/C14H12BrNO/c1-9-4-2-7-12(13(9)16)14(17)10-5-3-6-11(15)8-10/h2-8H,16H2,1H3.